The molecular formula is C17H20N6O3. The first-order chi connectivity index (χ1) is 12.5. The third-order valence-electron chi connectivity index (χ3n) is 3.20. The van der Waals surface area contributed by atoms with Crippen molar-refractivity contribution < 1.29 is 14.7 Å². The maximum Gasteiger partial charge on any atom is 0.287 e. The Balaban J connectivity index is 1.91. The van der Waals surface area contributed by atoms with E-state index in [2.05, 4.69) is 30.6 Å². The highest BCUT2D eigenvalue weighted by atomic mass is 16.3. The van der Waals surface area contributed by atoms with Crippen LogP contribution in [0.2, 0.25) is 0 Å². The van der Waals surface area contributed by atoms with E-state index in [1.807, 2.05) is 6.92 Å². The summed E-state index contributed by atoms with van der Waals surface area (Å²) < 4.78 is 0. The SMILES string of the molecule is C/C=N\C(=C/CCNC(=O)c1ncc(C)[nH]1)NC(=O)c1ncccc1O. The highest BCUT2D eigenvalue weighted by Crippen LogP contribution is 2.12. The Morgan fingerprint density at radius 3 is 2.81 bits per heavy atom. The zero-order chi connectivity index (χ0) is 18.9. The molecule has 0 saturated heterocycles. The van der Waals surface area contributed by atoms with Crippen LogP contribution in [0.3, 0.4) is 0 Å². The summed E-state index contributed by atoms with van der Waals surface area (Å²) in [4.78, 5) is 38.7. The number of aliphatic imine (C=N–C) groups is 1. The number of aromatic amines is 1. The van der Waals surface area contributed by atoms with Gasteiger partial charge in [-0.15, -0.1) is 0 Å². The first kappa shape index (κ1) is 18.8. The summed E-state index contributed by atoms with van der Waals surface area (Å²) >= 11 is 0. The average Bonchev–Trinajstić information content (AvgIpc) is 3.05. The number of aromatic hydroxyl groups is 1. The van der Waals surface area contributed by atoms with Crippen LogP contribution in [-0.2, 0) is 0 Å². The number of carbonyl (C=O) groups excluding carboxylic acids is 2. The number of nitrogens with zero attached hydrogens (tertiary/aromatic N) is 3. The van der Waals surface area contributed by atoms with Gasteiger partial charge in [0.05, 0.1) is 0 Å². The molecule has 0 aliphatic heterocycles. The van der Waals surface area contributed by atoms with Crippen LogP contribution in [0, 0.1) is 6.92 Å². The number of aryl methyl sites for hydroxylation is 1. The van der Waals surface area contributed by atoms with Crippen LogP contribution in [0.15, 0.2) is 41.4 Å². The Kier molecular flexibility index (Phi) is 6.60. The van der Waals surface area contributed by atoms with E-state index in [1.165, 1.54) is 24.5 Å². The Morgan fingerprint density at radius 2 is 2.15 bits per heavy atom. The molecule has 2 rings (SSSR count). The van der Waals surface area contributed by atoms with Crippen LogP contribution in [-0.4, -0.2) is 44.6 Å². The van der Waals surface area contributed by atoms with Crippen LogP contribution in [0.1, 0.15) is 40.1 Å². The van der Waals surface area contributed by atoms with Crippen LogP contribution < -0.4 is 10.6 Å². The molecule has 9 heteroatoms. The highest BCUT2D eigenvalue weighted by molar-refractivity contribution is 5.95. The third-order valence-corrected chi connectivity index (χ3v) is 3.20. The van der Waals surface area contributed by atoms with Gasteiger partial charge in [0.2, 0.25) is 0 Å². The number of hydrogen-bond donors (Lipinski definition) is 4. The summed E-state index contributed by atoms with van der Waals surface area (Å²) in [5.41, 5.74) is 0.710. The van der Waals surface area contributed by atoms with Gasteiger partial charge in [-0.3, -0.25) is 9.59 Å². The van der Waals surface area contributed by atoms with Crippen molar-refractivity contribution in [3.63, 3.8) is 0 Å². The number of rotatable bonds is 7. The minimum Gasteiger partial charge on any atom is -0.505 e. The second kappa shape index (κ2) is 9.11. The molecule has 4 N–H and O–H groups in total. The van der Waals surface area contributed by atoms with Crippen molar-refractivity contribution in [2.45, 2.75) is 20.3 Å². The second-order valence-corrected chi connectivity index (χ2v) is 5.26. The number of pyridine rings is 1. The van der Waals surface area contributed by atoms with Gasteiger partial charge in [-0.25, -0.2) is 15.0 Å². The van der Waals surface area contributed by atoms with Crippen molar-refractivity contribution in [2.75, 3.05) is 6.54 Å². The number of amides is 2. The molecule has 2 aromatic rings. The molecule has 0 spiro atoms. The van der Waals surface area contributed by atoms with Gasteiger partial charge in [0.1, 0.15) is 11.6 Å². The van der Waals surface area contributed by atoms with Gasteiger partial charge >= 0.3 is 0 Å². The number of H-pyrrole nitrogens is 1. The zero-order valence-electron chi connectivity index (χ0n) is 14.5. The van der Waals surface area contributed by atoms with E-state index in [0.29, 0.717) is 18.8 Å². The molecule has 0 aliphatic rings. The number of hydrogen-bond acceptors (Lipinski definition) is 6. The van der Waals surface area contributed by atoms with Gasteiger partial charge in [-0.2, -0.15) is 0 Å². The number of aromatic nitrogens is 3. The fourth-order valence-corrected chi connectivity index (χ4v) is 2.03. The largest absolute Gasteiger partial charge is 0.505 e. The average molecular weight is 356 g/mol. The standard InChI is InChI=1S/C17H20N6O3/c1-3-18-13(23-16(25)14-12(24)6-4-8-19-14)7-5-9-20-17(26)15-21-10-11(2)22-15/h3-4,6-8,10,24H,5,9H2,1-2H3,(H,20,26)(H,21,22)(H,23,25)/b13-7+,18-3-. The second-order valence-electron chi connectivity index (χ2n) is 5.26. The first-order valence-corrected chi connectivity index (χ1v) is 7.95. The zero-order valence-corrected chi connectivity index (χ0v) is 14.5. The Bertz CT molecular complexity index is 841. The number of imidazole rings is 1. The van der Waals surface area contributed by atoms with Crippen molar-refractivity contribution in [1.82, 2.24) is 25.6 Å². The molecule has 9 nitrogen and oxygen atoms in total. The van der Waals surface area contributed by atoms with E-state index >= 15 is 0 Å². The van der Waals surface area contributed by atoms with Crippen LogP contribution >= 0.6 is 0 Å². The molecule has 2 amide bonds. The Labute approximate surface area is 150 Å². The predicted molar refractivity (Wildman–Crippen MR) is 95.9 cm³/mol. The molecule has 2 aromatic heterocycles. The monoisotopic (exact) mass is 356 g/mol. The molecule has 2 heterocycles. The molecule has 0 atom stereocenters. The lowest BCUT2D eigenvalue weighted by molar-refractivity contribution is 0.0939. The molecule has 26 heavy (non-hydrogen) atoms. The Morgan fingerprint density at radius 1 is 1.35 bits per heavy atom. The fourth-order valence-electron chi connectivity index (χ4n) is 2.03. The summed E-state index contributed by atoms with van der Waals surface area (Å²) in [5.74, 6) is -0.557. The topological polar surface area (TPSA) is 132 Å². The van der Waals surface area contributed by atoms with Gasteiger partial charge in [-0.1, -0.05) is 0 Å². The summed E-state index contributed by atoms with van der Waals surface area (Å²) in [6.07, 6.45) is 6.60. The molecule has 0 saturated carbocycles. The van der Waals surface area contributed by atoms with Crippen LogP contribution in [0.4, 0.5) is 0 Å². The molecule has 0 aromatic carbocycles. The maximum absolute atomic E-state index is 12.1. The summed E-state index contributed by atoms with van der Waals surface area (Å²) in [7, 11) is 0. The maximum atomic E-state index is 12.1. The van der Waals surface area contributed by atoms with E-state index < -0.39 is 5.91 Å². The van der Waals surface area contributed by atoms with Crippen molar-refractivity contribution in [1.29, 1.82) is 0 Å². The molecule has 0 fully saturated rings. The van der Waals surface area contributed by atoms with Crippen molar-refractivity contribution in [3.8, 4) is 5.75 Å². The van der Waals surface area contributed by atoms with Gasteiger partial charge in [0.15, 0.2) is 11.5 Å². The molecule has 0 radical (unpaired) electrons. The molecule has 0 unspecified atom stereocenters. The summed E-state index contributed by atoms with van der Waals surface area (Å²) in [6.45, 7) is 3.86. The Hall–Kier alpha value is -3.49. The van der Waals surface area contributed by atoms with Crippen LogP contribution in [0.25, 0.3) is 0 Å². The van der Waals surface area contributed by atoms with E-state index in [0.717, 1.165) is 5.69 Å². The molecule has 0 bridgehead atoms. The lowest BCUT2D eigenvalue weighted by Gasteiger charge is -2.07. The summed E-state index contributed by atoms with van der Waals surface area (Å²) in [6, 6.07) is 2.90. The highest BCUT2D eigenvalue weighted by Gasteiger charge is 2.13. The van der Waals surface area contributed by atoms with Gasteiger partial charge < -0.3 is 20.7 Å². The minimum atomic E-state index is -0.574. The van der Waals surface area contributed by atoms with E-state index in [-0.39, 0.29) is 23.2 Å². The number of nitrogens with one attached hydrogen (secondary N) is 3. The molecule has 0 aliphatic carbocycles. The van der Waals surface area contributed by atoms with Crippen molar-refractivity contribution in [3.05, 3.63) is 53.6 Å². The lowest BCUT2D eigenvalue weighted by atomic mass is 10.3. The molecule has 136 valence electrons. The van der Waals surface area contributed by atoms with Gasteiger partial charge in [0, 0.05) is 30.8 Å². The van der Waals surface area contributed by atoms with E-state index in [1.54, 1.807) is 19.2 Å². The van der Waals surface area contributed by atoms with Gasteiger partial charge in [-0.05, 0) is 38.5 Å². The number of carbonyl (C=O) groups is 2. The van der Waals surface area contributed by atoms with Crippen LogP contribution in [0.5, 0.6) is 5.75 Å². The smallest absolute Gasteiger partial charge is 0.287 e. The summed E-state index contributed by atoms with van der Waals surface area (Å²) in [5, 5.41) is 14.9. The molecular weight excluding hydrogens is 336 g/mol. The fraction of sp³-hybridized carbons (Fsp3) is 0.235. The predicted octanol–water partition coefficient (Wildman–Crippen LogP) is 1.30. The normalized spacial score (nSPS) is 11.5. The van der Waals surface area contributed by atoms with E-state index in [4.69, 9.17) is 0 Å². The van der Waals surface area contributed by atoms with Gasteiger partial charge in [0.25, 0.3) is 11.8 Å². The lowest BCUT2D eigenvalue weighted by Crippen LogP contribution is -2.26. The quantitative estimate of drug-likeness (QED) is 0.438. The first-order valence-electron chi connectivity index (χ1n) is 7.95. The van der Waals surface area contributed by atoms with E-state index in [9.17, 15) is 14.7 Å². The van der Waals surface area contributed by atoms with Crippen molar-refractivity contribution >= 4 is 18.0 Å². The minimum absolute atomic E-state index is 0.0915. The third kappa shape index (κ3) is 5.26. The van der Waals surface area contributed by atoms with Crippen molar-refractivity contribution in [2.24, 2.45) is 4.99 Å².